The summed E-state index contributed by atoms with van der Waals surface area (Å²) in [6, 6.07) is 14.1. The molecule has 0 saturated carbocycles. The minimum absolute atomic E-state index is 0.185. The normalized spacial score (nSPS) is 19.5. The predicted octanol–water partition coefficient (Wildman–Crippen LogP) is 4.38. The Bertz CT molecular complexity index is 873. The van der Waals surface area contributed by atoms with Crippen LogP contribution in [0.2, 0.25) is 0 Å². The smallest absolute Gasteiger partial charge is 0.327 e. The van der Waals surface area contributed by atoms with Crippen LogP contribution in [0.15, 0.2) is 48.5 Å². The first-order valence-electron chi connectivity index (χ1n) is 9.14. The number of methoxy groups -OCH3 is 1. The topological polar surface area (TPSA) is 66.8 Å². The molecule has 1 aliphatic rings. The first-order valence-corrected chi connectivity index (χ1v) is 10.2. The van der Waals surface area contributed by atoms with Gasteiger partial charge in [-0.1, -0.05) is 51.1 Å². The number of rotatable bonds is 4. The molecular formula is C22H25NO4S. The summed E-state index contributed by atoms with van der Waals surface area (Å²) in [7, 11) is 1.63. The molecule has 148 valence electrons. The van der Waals surface area contributed by atoms with Crippen LogP contribution in [0.1, 0.15) is 31.1 Å². The van der Waals surface area contributed by atoms with Crippen LogP contribution in [-0.2, 0) is 4.79 Å². The van der Waals surface area contributed by atoms with E-state index in [1.54, 1.807) is 19.2 Å². The third kappa shape index (κ3) is 3.87. The van der Waals surface area contributed by atoms with Crippen molar-refractivity contribution in [3.63, 3.8) is 0 Å². The number of nitrogens with zero attached hydrogens (tertiary/aromatic N) is 1. The second kappa shape index (κ2) is 7.87. The SMILES string of the molecule is COc1ccccc1-c1ccc(C(=O)N2[C@H](C(=O)O)CS[C@@H]2C(C)(C)C)cc1. The van der Waals surface area contributed by atoms with Gasteiger partial charge in [0.05, 0.1) is 12.5 Å². The fourth-order valence-electron chi connectivity index (χ4n) is 3.44. The molecule has 3 rings (SSSR count). The van der Waals surface area contributed by atoms with Crippen LogP contribution in [0.5, 0.6) is 5.75 Å². The Morgan fingerprint density at radius 2 is 1.75 bits per heavy atom. The lowest BCUT2D eigenvalue weighted by Gasteiger charge is -2.35. The number of thioether (sulfide) groups is 1. The van der Waals surface area contributed by atoms with Crippen molar-refractivity contribution in [1.29, 1.82) is 0 Å². The zero-order valence-corrected chi connectivity index (χ0v) is 17.3. The van der Waals surface area contributed by atoms with Crippen molar-refractivity contribution in [2.75, 3.05) is 12.9 Å². The molecule has 2 atom stereocenters. The van der Waals surface area contributed by atoms with E-state index in [2.05, 4.69) is 0 Å². The van der Waals surface area contributed by atoms with Crippen molar-refractivity contribution in [2.45, 2.75) is 32.2 Å². The average molecular weight is 400 g/mol. The van der Waals surface area contributed by atoms with Crippen LogP contribution in [-0.4, -0.2) is 46.2 Å². The van der Waals surface area contributed by atoms with Crippen LogP contribution in [0, 0.1) is 5.41 Å². The summed E-state index contributed by atoms with van der Waals surface area (Å²) in [6.45, 7) is 6.08. The van der Waals surface area contributed by atoms with Gasteiger partial charge in [-0.25, -0.2) is 4.79 Å². The third-order valence-corrected chi connectivity index (χ3v) is 6.57. The molecule has 0 radical (unpaired) electrons. The van der Waals surface area contributed by atoms with E-state index in [1.165, 1.54) is 16.7 Å². The zero-order valence-electron chi connectivity index (χ0n) is 16.5. The van der Waals surface area contributed by atoms with Gasteiger partial charge in [-0.3, -0.25) is 4.79 Å². The molecule has 1 saturated heterocycles. The molecule has 5 nitrogen and oxygen atoms in total. The highest BCUT2D eigenvalue weighted by Crippen LogP contribution is 2.41. The number of aliphatic carboxylic acids is 1. The second-order valence-corrected chi connectivity index (χ2v) is 9.01. The van der Waals surface area contributed by atoms with Crippen LogP contribution in [0.4, 0.5) is 0 Å². The van der Waals surface area contributed by atoms with Crippen LogP contribution in [0.25, 0.3) is 11.1 Å². The van der Waals surface area contributed by atoms with Crippen molar-refractivity contribution < 1.29 is 19.4 Å². The molecule has 0 bridgehead atoms. The Balaban J connectivity index is 1.92. The maximum Gasteiger partial charge on any atom is 0.327 e. The quantitative estimate of drug-likeness (QED) is 0.827. The summed E-state index contributed by atoms with van der Waals surface area (Å²) in [5.41, 5.74) is 2.15. The Labute approximate surface area is 169 Å². The van der Waals surface area contributed by atoms with Crippen LogP contribution < -0.4 is 4.74 Å². The molecule has 0 aliphatic carbocycles. The highest BCUT2D eigenvalue weighted by atomic mass is 32.2. The predicted molar refractivity (Wildman–Crippen MR) is 112 cm³/mol. The van der Waals surface area contributed by atoms with Gasteiger partial charge in [-0.05, 0) is 29.2 Å². The maximum absolute atomic E-state index is 13.2. The number of carboxylic acid groups (broad SMARTS) is 1. The number of benzene rings is 2. The molecule has 0 unspecified atom stereocenters. The summed E-state index contributed by atoms with van der Waals surface area (Å²) in [4.78, 5) is 26.5. The number of carbonyl (C=O) groups excluding carboxylic acids is 1. The fraction of sp³-hybridized carbons (Fsp3) is 0.364. The minimum atomic E-state index is -0.960. The van der Waals surface area contributed by atoms with E-state index in [1.807, 2.05) is 57.2 Å². The second-order valence-electron chi connectivity index (χ2n) is 7.90. The van der Waals surface area contributed by atoms with E-state index < -0.39 is 12.0 Å². The van der Waals surface area contributed by atoms with Crippen molar-refractivity contribution >= 4 is 23.6 Å². The first kappa shape index (κ1) is 20.3. The van der Waals surface area contributed by atoms with E-state index in [0.29, 0.717) is 11.3 Å². The number of carboxylic acids is 1. The molecule has 28 heavy (non-hydrogen) atoms. The maximum atomic E-state index is 13.2. The molecule has 1 heterocycles. The highest BCUT2D eigenvalue weighted by molar-refractivity contribution is 8.00. The summed E-state index contributed by atoms with van der Waals surface area (Å²) in [5, 5.41) is 9.41. The zero-order chi connectivity index (χ0) is 20.5. The number of hydrogen-bond donors (Lipinski definition) is 1. The van der Waals surface area contributed by atoms with Gasteiger partial charge in [0.25, 0.3) is 5.91 Å². The lowest BCUT2D eigenvalue weighted by atomic mass is 9.94. The summed E-state index contributed by atoms with van der Waals surface area (Å²) in [5.74, 6) is -0.0409. The van der Waals surface area contributed by atoms with Crippen LogP contribution >= 0.6 is 11.8 Å². The van der Waals surface area contributed by atoms with Gasteiger partial charge < -0.3 is 14.7 Å². The number of para-hydroxylation sites is 1. The summed E-state index contributed by atoms with van der Waals surface area (Å²) < 4.78 is 5.41. The van der Waals surface area contributed by atoms with Crippen molar-refractivity contribution in [1.82, 2.24) is 4.90 Å². The van der Waals surface area contributed by atoms with Gasteiger partial charge in [0.1, 0.15) is 11.8 Å². The van der Waals surface area contributed by atoms with Crippen molar-refractivity contribution in [3.8, 4) is 16.9 Å². The molecule has 1 fully saturated rings. The molecule has 1 N–H and O–H groups in total. The summed E-state index contributed by atoms with van der Waals surface area (Å²) in [6.07, 6.45) is 0. The number of hydrogen-bond acceptors (Lipinski definition) is 4. The Morgan fingerprint density at radius 3 is 2.32 bits per heavy atom. The standard InChI is InChI=1S/C22H25NO4S/c1-22(2,3)21-23(17(13-28-21)20(25)26)19(24)15-11-9-14(10-12-15)16-7-5-6-8-18(16)27-4/h5-12,17,21H,13H2,1-4H3,(H,25,26)/t17-,21+/m0/s1. The first-order chi connectivity index (χ1) is 13.2. The molecule has 6 heteroatoms. The summed E-state index contributed by atoms with van der Waals surface area (Å²) >= 11 is 1.53. The molecule has 1 aliphatic heterocycles. The van der Waals surface area contributed by atoms with E-state index in [0.717, 1.165) is 16.9 Å². The minimum Gasteiger partial charge on any atom is -0.496 e. The number of carbonyl (C=O) groups is 2. The van der Waals surface area contributed by atoms with E-state index in [4.69, 9.17) is 4.74 Å². The Hall–Kier alpha value is -2.47. The van der Waals surface area contributed by atoms with Crippen LogP contribution in [0.3, 0.4) is 0 Å². The van der Waals surface area contributed by atoms with Gasteiger partial charge in [0.2, 0.25) is 0 Å². The number of ether oxygens (including phenoxy) is 1. The largest absolute Gasteiger partial charge is 0.496 e. The van der Waals surface area contributed by atoms with Gasteiger partial charge in [0, 0.05) is 16.9 Å². The van der Waals surface area contributed by atoms with Gasteiger partial charge in [0.15, 0.2) is 0 Å². The highest BCUT2D eigenvalue weighted by Gasteiger charge is 2.46. The Morgan fingerprint density at radius 1 is 1.11 bits per heavy atom. The lowest BCUT2D eigenvalue weighted by molar-refractivity contribution is -0.141. The molecule has 0 aromatic heterocycles. The van der Waals surface area contributed by atoms with Gasteiger partial charge >= 0.3 is 5.97 Å². The average Bonchev–Trinajstić information content (AvgIpc) is 3.13. The van der Waals surface area contributed by atoms with E-state index in [9.17, 15) is 14.7 Å². The van der Waals surface area contributed by atoms with Gasteiger partial charge in [-0.2, -0.15) is 0 Å². The fourth-order valence-corrected chi connectivity index (χ4v) is 5.01. The van der Waals surface area contributed by atoms with E-state index in [-0.39, 0.29) is 16.7 Å². The monoisotopic (exact) mass is 399 g/mol. The van der Waals surface area contributed by atoms with Gasteiger partial charge in [-0.15, -0.1) is 11.8 Å². The molecule has 2 aromatic rings. The number of amides is 1. The molecule has 0 spiro atoms. The molecular weight excluding hydrogens is 374 g/mol. The Kier molecular flexibility index (Phi) is 5.70. The van der Waals surface area contributed by atoms with Crippen molar-refractivity contribution in [3.05, 3.63) is 54.1 Å². The molecule has 2 aromatic carbocycles. The lowest BCUT2D eigenvalue weighted by Crippen LogP contribution is -2.49. The van der Waals surface area contributed by atoms with Crippen molar-refractivity contribution in [2.24, 2.45) is 5.41 Å². The van der Waals surface area contributed by atoms with E-state index >= 15 is 0 Å². The third-order valence-electron chi connectivity index (χ3n) is 4.81. The molecule has 1 amide bonds.